The highest BCUT2D eigenvalue weighted by Gasteiger charge is 1.93. The Morgan fingerprint density at radius 3 is 2.54 bits per heavy atom. The molecule has 0 unspecified atom stereocenters. The molecule has 3 heteroatoms. The Morgan fingerprint density at radius 1 is 1.23 bits per heavy atom. The standard InChI is InChI=1S/C10H12ClIS/c11-6-1-7-13-8-9-2-4-10(12)5-3-9/h2-5H,1,6-8H2. The zero-order chi connectivity index (χ0) is 9.52. The van der Waals surface area contributed by atoms with Gasteiger partial charge >= 0.3 is 0 Å². The van der Waals surface area contributed by atoms with Gasteiger partial charge in [-0.3, -0.25) is 0 Å². The van der Waals surface area contributed by atoms with Crippen LogP contribution in [-0.2, 0) is 5.75 Å². The first kappa shape index (κ1) is 11.7. The molecular formula is C10H12ClIS. The summed E-state index contributed by atoms with van der Waals surface area (Å²) in [6.07, 6.45) is 1.11. The van der Waals surface area contributed by atoms with Gasteiger partial charge in [-0.25, -0.2) is 0 Å². The van der Waals surface area contributed by atoms with Crippen molar-refractivity contribution in [1.29, 1.82) is 0 Å². The molecule has 0 aliphatic carbocycles. The van der Waals surface area contributed by atoms with Crippen molar-refractivity contribution in [1.82, 2.24) is 0 Å². The summed E-state index contributed by atoms with van der Waals surface area (Å²) >= 11 is 9.86. The van der Waals surface area contributed by atoms with Crippen LogP contribution in [0.25, 0.3) is 0 Å². The highest BCUT2D eigenvalue weighted by atomic mass is 127. The van der Waals surface area contributed by atoms with Crippen LogP contribution in [0.2, 0.25) is 0 Å². The molecule has 0 atom stereocenters. The van der Waals surface area contributed by atoms with Gasteiger partial charge in [-0.1, -0.05) is 12.1 Å². The van der Waals surface area contributed by atoms with E-state index in [4.69, 9.17) is 11.6 Å². The molecule has 1 rings (SSSR count). The summed E-state index contributed by atoms with van der Waals surface area (Å²) < 4.78 is 1.30. The SMILES string of the molecule is ClCCCSCc1ccc(I)cc1. The van der Waals surface area contributed by atoms with Crippen LogP contribution in [0, 0.1) is 3.57 Å². The van der Waals surface area contributed by atoms with Crippen molar-refractivity contribution in [3.63, 3.8) is 0 Å². The van der Waals surface area contributed by atoms with Crippen LogP contribution in [0.3, 0.4) is 0 Å². The molecule has 72 valence electrons. The summed E-state index contributed by atoms with van der Waals surface area (Å²) in [5.74, 6) is 3.04. The third kappa shape index (κ3) is 5.13. The Labute approximate surface area is 103 Å². The van der Waals surface area contributed by atoms with E-state index in [1.54, 1.807) is 0 Å². The highest BCUT2D eigenvalue weighted by Crippen LogP contribution is 2.14. The molecular weight excluding hydrogens is 315 g/mol. The zero-order valence-corrected chi connectivity index (χ0v) is 11.0. The summed E-state index contributed by atoms with van der Waals surface area (Å²) in [4.78, 5) is 0. The quantitative estimate of drug-likeness (QED) is 0.445. The van der Waals surface area contributed by atoms with Gasteiger partial charge in [0.05, 0.1) is 0 Å². The maximum absolute atomic E-state index is 5.59. The molecule has 1 aromatic rings. The van der Waals surface area contributed by atoms with Crippen LogP contribution in [0.5, 0.6) is 0 Å². The van der Waals surface area contributed by atoms with E-state index in [1.807, 2.05) is 11.8 Å². The van der Waals surface area contributed by atoms with Crippen molar-refractivity contribution in [2.24, 2.45) is 0 Å². The lowest BCUT2D eigenvalue weighted by molar-refractivity contribution is 1.11. The highest BCUT2D eigenvalue weighted by molar-refractivity contribution is 14.1. The van der Waals surface area contributed by atoms with Gasteiger partial charge in [-0.2, -0.15) is 11.8 Å². The molecule has 0 fully saturated rings. The maximum Gasteiger partial charge on any atom is 0.0231 e. The number of halogens is 2. The fourth-order valence-electron chi connectivity index (χ4n) is 0.927. The van der Waals surface area contributed by atoms with E-state index in [2.05, 4.69) is 46.9 Å². The van der Waals surface area contributed by atoms with Crippen molar-refractivity contribution in [2.75, 3.05) is 11.6 Å². The molecule has 0 saturated heterocycles. The first-order valence-electron chi connectivity index (χ1n) is 4.21. The minimum absolute atomic E-state index is 0.777. The van der Waals surface area contributed by atoms with Crippen molar-refractivity contribution >= 4 is 46.0 Å². The maximum atomic E-state index is 5.59. The number of rotatable bonds is 5. The van der Waals surface area contributed by atoms with Gasteiger partial charge in [0.15, 0.2) is 0 Å². The molecule has 0 bridgehead atoms. The van der Waals surface area contributed by atoms with Crippen LogP contribution in [0.15, 0.2) is 24.3 Å². The first-order chi connectivity index (χ1) is 6.33. The summed E-state index contributed by atoms with van der Waals surface area (Å²) in [7, 11) is 0. The van der Waals surface area contributed by atoms with Crippen LogP contribution < -0.4 is 0 Å². The Hall–Kier alpha value is 0.590. The fourth-order valence-corrected chi connectivity index (χ4v) is 2.50. The van der Waals surface area contributed by atoms with Gasteiger partial charge in [0.2, 0.25) is 0 Å². The van der Waals surface area contributed by atoms with Crippen LogP contribution in [0.1, 0.15) is 12.0 Å². The number of thioether (sulfide) groups is 1. The minimum atomic E-state index is 0.777. The van der Waals surface area contributed by atoms with Gasteiger partial charge in [0.25, 0.3) is 0 Å². The van der Waals surface area contributed by atoms with E-state index in [1.165, 1.54) is 9.13 Å². The molecule has 1 aromatic carbocycles. The fraction of sp³-hybridized carbons (Fsp3) is 0.400. The largest absolute Gasteiger partial charge is 0.157 e. The third-order valence-corrected chi connectivity index (χ3v) is 3.71. The van der Waals surface area contributed by atoms with Crippen molar-refractivity contribution < 1.29 is 0 Å². The van der Waals surface area contributed by atoms with E-state index < -0.39 is 0 Å². The second-order valence-corrected chi connectivity index (χ2v) is 5.45. The minimum Gasteiger partial charge on any atom is -0.157 e. The molecule has 0 aliphatic heterocycles. The van der Waals surface area contributed by atoms with E-state index >= 15 is 0 Å². The normalized spacial score (nSPS) is 10.3. The molecule has 0 radical (unpaired) electrons. The van der Waals surface area contributed by atoms with Gasteiger partial charge in [0.1, 0.15) is 0 Å². The summed E-state index contributed by atoms with van der Waals surface area (Å²) in [6, 6.07) is 8.68. The second kappa shape index (κ2) is 6.96. The van der Waals surface area contributed by atoms with E-state index in [9.17, 15) is 0 Å². The van der Waals surface area contributed by atoms with E-state index in [-0.39, 0.29) is 0 Å². The smallest absolute Gasteiger partial charge is 0.0231 e. The molecule has 0 aromatic heterocycles. The van der Waals surface area contributed by atoms with Crippen LogP contribution in [0.4, 0.5) is 0 Å². The molecule has 0 nitrogen and oxygen atoms in total. The Balaban J connectivity index is 2.25. The lowest BCUT2D eigenvalue weighted by Crippen LogP contribution is -1.84. The van der Waals surface area contributed by atoms with Crippen molar-refractivity contribution in [3.8, 4) is 0 Å². The summed E-state index contributed by atoms with van der Waals surface area (Å²) in [5, 5.41) is 0. The van der Waals surface area contributed by atoms with E-state index in [0.717, 1.165) is 23.8 Å². The Bertz CT molecular complexity index is 235. The average Bonchev–Trinajstić information content (AvgIpc) is 2.15. The summed E-state index contributed by atoms with van der Waals surface area (Å²) in [5.41, 5.74) is 1.40. The number of benzene rings is 1. The third-order valence-electron chi connectivity index (χ3n) is 1.60. The lowest BCUT2D eigenvalue weighted by Gasteiger charge is -2.00. The molecule has 0 spiro atoms. The first-order valence-corrected chi connectivity index (χ1v) is 6.98. The van der Waals surface area contributed by atoms with Gasteiger partial charge < -0.3 is 0 Å². The van der Waals surface area contributed by atoms with E-state index in [0.29, 0.717) is 0 Å². The van der Waals surface area contributed by atoms with Gasteiger partial charge in [0, 0.05) is 15.2 Å². The Kier molecular flexibility index (Phi) is 6.24. The average molecular weight is 327 g/mol. The van der Waals surface area contributed by atoms with Crippen LogP contribution >= 0.6 is 46.0 Å². The molecule has 0 saturated carbocycles. The Morgan fingerprint density at radius 2 is 1.92 bits per heavy atom. The number of hydrogen-bond donors (Lipinski definition) is 0. The predicted octanol–water partition coefficient (Wildman–Crippen LogP) is 4.15. The monoisotopic (exact) mass is 326 g/mol. The lowest BCUT2D eigenvalue weighted by atomic mass is 10.2. The van der Waals surface area contributed by atoms with Crippen molar-refractivity contribution in [2.45, 2.75) is 12.2 Å². The molecule has 0 aliphatic rings. The molecule has 0 heterocycles. The molecule has 13 heavy (non-hydrogen) atoms. The molecule has 0 amide bonds. The topological polar surface area (TPSA) is 0 Å². The van der Waals surface area contributed by atoms with Crippen molar-refractivity contribution in [3.05, 3.63) is 33.4 Å². The summed E-state index contributed by atoms with van der Waals surface area (Å²) in [6.45, 7) is 0. The van der Waals surface area contributed by atoms with Gasteiger partial charge in [-0.15, -0.1) is 11.6 Å². The predicted molar refractivity (Wildman–Crippen MR) is 70.7 cm³/mol. The van der Waals surface area contributed by atoms with Gasteiger partial charge in [-0.05, 0) is 52.5 Å². The number of alkyl halides is 1. The molecule has 0 N–H and O–H groups in total. The number of hydrogen-bond acceptors (Lipinski definition) is 1. The van der Waals surface area contributed by atoms with Crippen LogP contribution in [-0.4, -0.2) is 11.6 Å². The second-order valence-electron chi connectivity index (χ2n) is 2.72. The zero-order valence-electron chi connectivity index (χ0n) is 7.30.